The van der Waals surface area contributed by atoms with Crippen LogP contribution in [0.3, 0.4) is 0 Å². The third-order valence-corrected chi connectivity index (χ3v) is 6.72. The molecule has 0 saturated carbocycles. The number of anilines is 1. The highest BCUT2D eigenvalue weighted by atomic mass is 35.5. The van der Waals surface area contributed by atoms with Gasteiger partial charge in [0.05, 0.1) is 5.39 Å². The maximum absolute atomic E-state index is 11.2. The molecule has 2 N–H and O–H groups in total. The molecule has 10 heteroatoms. The standard InChI is InChI=1S/C18H28ClN5O3Si/c1-28(2,3)10-9-27-12-24-8-6-14-15(21-17(19)22-16(14)24)20-13-5-4-7-23(11-13)18(25)26/h6,8,13H,4-5,7,9-12H2,1-3H3,(H,25,26)(H,20,21,22). The molecule has 0 spiro atoms. The lowest BCUT2D eigenvalue weighted by Gasteiger charge is -2.31. The van der Waals surface area contributed by atoms with E-state index in [2.05, 4.69) is 34.9 Å². The van der Waals surface area contributed by atoms with Crippen molar-refractivity contribution in [2.24, 2.45) is 0 Å². The Morgan fingerprint density at radius 1 is 1.43 bits per heavy atom. The van der Waals surface area contributed by atoms with Crippen molar-refractivity contribution in [3.8, 4) is 0 Å². The molecule has 154 valence electrons. The molecule has 3 heterocycles. The van der Waals surface area contributed by atoms with E-state index < -0.39 is 14.2 Å². The van der Waals surface area contributed by atoms with E-state index >= 15 is 0 Å². The number of hydrogen-bond acceptors (Lipinski definition) is 5. The van der Waals surface area contributed by atoms with Gasteiger partial charge >= 0.3 is 6.09 Å². The fourth-order valence-electron chi connectivity index (χ4n) is 3.26. The first-order valence-corrected chi connectivity index (χ1v) is 13.7. The number of carboxylic acid groups (broad SMARTS) is 1. The van der Waals surface area contributed by atoms with Crippen LogP contribution in [0, 0.1) is 0 Å². The Balaban J connectivity index is 1.71. The lowest BCUT2D eigenvalue weighted by Crippen LogP contribution is -2.44. The number of carbonyl (C=O) groups is 1. The number of ether oxygens (including phenoxy) is 1. The summed E-state index contributed by atoms with van der Waals surface area (Å²) in [5, 5.41) is 13.6. The Labute approximate surface area is 170 Å². The van der Waals surface area contributed by atoms with Crippen LogP contribution >= 0.6 is 11.6 Å². The Morgan fingerprint density at radius 2 is 2.21 bits per heavy atom. The molecule has 1 amide bonds. The molecule has 2 aromatic rings. The van der Waals surface area contributed by atoms with Gasteiger partial charge in [0, 0.05) is 40.0 Å². The second-order valence-electron chi connectivity index (χ2n) is 8.42. The van der Waals surface area contributed by atoms with Crippen LogP contribution < -0.4 is 5.32 Å². The minimum atomic E-state index is -1.13. The fourth-order valence-corrected chi connectivity index (χ4v) is 4.18. The fraction of sp³-hybridized carbons (Fsp3) is 0.611. The lowest BCUT2D eigenvalue weighted by molar-refractivity contribution is 0.0899. The number of hydrogen-bond donors (Lipinski definition) is 2. The van der Waals surface area contributed by atoms with Crippen molar-refractivity contribution in [3.05, 3.63) is 17.5 Å². The van der Waals surface area contributed by atoms with Crippen molar-refractivity contribution in [1.29, 1.82) is 0 Å². The number of piperidine rings is 1. The number of nitrogens with zero attached hydrogens (tertiary/aromatic N) is 4. The van der Waals surface area contributed by atoms with Gasteiger partial charge in [-0.15, -0.1) is 0 Å². The number of rotatable bonds is 7. The van der Waals surface area contributed by atoms with Gasteiger partial charge in [0.25, 0.3) is 0 Å². The third-order valence-electron chi connectivity index (χ3n) is 4.85. The van der Waals surface area contributed by atoms with E-state index in [1.54, 1.807) is 0 Å². The Hall–Kier alpha value is -1.84. The largest absolute Gasteiger partial charge is 0.465 e. The predicted molar refractivity (Wildman–Crippen MR) is 113 cm³/mol. The lowest BCUT2D eigenvalue weighted by atomic mass is 10.1. The number of aromatic nitrogens is 3. The summed E-state index contributed by atoms with van der Waals surface area (Å²) in [5.74, 6) is 0.632. The van der Waals surface area contributed by atoms with E-state index in [1.807, 2.05) is 16.8 Å². The highest BCUT2D eigenvalue weighted by molar-refractivity contribution is 6.76. The summed E-state index contributed by atoms with van der Waals surface area (Å²) in [5.41, 5.74) is 0.710. The van der Waals surface area contributed by atoms with Crippen LogP contribution in [0.25, 0.3) is 11.0 Å². The number of likely N-dealkylation sites (tertiary alicyclic amines) is 1. The van der Waals surface area contributed by atoms with Crippen LogP contribution in [-0.4, -0.2) is 64.4 Å². The van der Waals surface area contributed by atoms with Gasteiger partial charge in [-0.05, 0) is 36.6 Å². The number of halogens is 1. The molecule has 0 bridgehead atoms. The average Bonchev–Trinajstić information content (AvgIpc) is 3.01. The Bertz CT molecular complexity index is 838. The maximum Gasteiger partial charge on any atom is 0.407 e. The molecular weight excluding hydrogens is 398 g/mol. The first-order chi connectivity index (χ1) is 13.2. The molecule has 1 aliphatic rings. The van der Waals surface area contributed by atoms with Gasteiger partial charge in [-0.25, -0.2) is 9.78 Å². The van der Waals surface area contributed by atoms with Crippen molar-refractivity contribution < 1.29 is 14.6 Å². The number of fused-ring (bicyclic) bond motifs is 1. The van der Waals surface area contributed by atoms with Gasteiger partial charge in [0.15, 0.2) is 0 Å². The third kappa shape index (κ3) is 5.36. The van der Waals surface area contributed by atoms with Gasteiger partial charge < -0.3 is 24.6 Å². The quantitative estimate of drug-likeness (QED) is 0.396. The molecule has 1 atom stereocenters. The molecule has 0 aliphatic carbocycles. The van der Waals surface area contributed by atoms with E-state index in [4.69, 9.17) is 16.3 Å². The first-order valence-electron chi connectivity index (χ1n) is 9.57. The van der Waals surface area contributed by atoms with Gasteiger partial charge in [0.2, 0.25) is 5.28 Å². The van der Waals surface area contributed by atoms with Crippen LogP contribution in [0.5, 0.6) is 0 Å². The molecule has 0 aromatic carbocycles. The van der Waals surface area contributed by atoms with Gasteiger partial charge in [-0.3, -0.25) is 0 Å². The number of nitrogens with one attached hydrogen (secondary N) is 1. The van der Waals surface area contributed by atoms with Crippen molar-refractivity contribution in [3.63, 3.8) is 0 Å². The van der Waals surface area contributed by atoms with Crippen molar-refractivity contribution >= 4 is 42.6 Å². The molecule has 1 fully saturated rings. The highest BCUT2D eigenvalue weighted by Gasteiger charge is 2.24. The summed E-state index contributed by atoms with van der Waals surface area (Å²) in [6.45, 7) is 9.11. The smallest absolute Gasteiger partial charge is 0.407 e. The highest BCUT2D eigenvalue weighted by Crippen LogP contribution is 2.25. The normalized spacial score (nSPS) is 17.9. The zero-order chi connectivity index (χ0) is 20.3. The molecule has 2 aromatic heterocycles. The van der Waals surface area contributed by atoms with Gasteiger partial charge in [-0.2, -0.15) is 4.98 Å². The van der Waals surface area contributed by atoms with Crippen molar-refractivity contribution in [1.82, 2.24) is 19.4 Å². The molecule has 3 rings (SSSR count). The zero-order valence-corrected chi connectivity index (χ0v) is 18.4. The van der Waals surface area contributed by atoms with E-state index in [-0.39, 0.29) is 11.3 Å². The minimum absolute atomic E-state index is 0.00430. The zero-order valence-electron chi connectivity index (χ0n) is 16.6. The monoisotopic (exact) mass is 425 g/mol. The summed E-state index contributed by atoms with van der Waals surface area (Å²) < 4.78 is 7.75. The average molecular weight is 426 g/mol. The van der Waals surface area contributed by atoms with E-state index in [1.165, 1.54) is 4.90 Å². The first kappa shape index (κ1) is 20.9. The van der Waals surface area contributed by atoms with Crippen LogP contribution in [0.1, 0.15) is 12.8 Å². The van der Waals surface area contributed by atoms with Crippen LogP contribution in [0.15, 0.2) is 12.3 Å². The Kier molecular flexibility index (Phi) is 6.46. The van der Waals surface area contributed by atoms with Crippen LogP contribution in [-0.2, 0) is 11.5 Å². The topological polar surface area (TPSA) is 92.5 Å². The molecule has 28 heavy (non-hydrogen) atoms. The van der Waals surface area contributed by atoms with Crippen molar-refractivity contribution in [2.45, 2.75) is 51.3 Å². The van der Waals surface area contributed by atoms with Gasteiger partial charge in [0.1, 0.15) is 18.2 Å². The maximum atomic E-state index is 11.2. The van der Waals surface area contributed by atoms with E-state index in [0.29, 0.717) is 31.3 Å². The molecule has 1 aliphatic heterocycles. The predicted octanol–water partition coefficient (Wildman–Crippen LogP) is 3.95. The number of amides is 1. The van der Waals surface area contributed by atoms with Crippen molar-refractivity contribution in [2.75, 3.05) is 25.0 Å². The summed E-state index contributed by atoms with van der Waals surface area (Å²) >= 11 is 6.16. The van der Waals surface area contributed by atoms with E-state index in [9.17, 15) is 9.90 Å². The second-order valence-corrected chi connectivity index (χ2v) is 14.4. The van der Waals surface area contributed by atoms with Gasteiger partial charge in [-0.1, -0.05) is 19.6 Å². The molecule has 1 unspecified atom stereocenters. The molecule has 8 nitrogen and oxygen atoms in total. The molecule has 0 radical (unpaired) electrons. The second kappa shape index (κ2) is 8.67. The summed E-state index contributed by atoms with van der Waals surface area (Å²) in [6, 6.07) is 3.04. The summed E-state index contributed by atoms with van der Waals surface area (Å²) in [7, 11) is -1.13. The summed E-state index contributed by atoms with van der Waals surface area (Å²) in [6.07, 6.45) is 2.73. The van der Waals surface area contributed by atoms with Crippen LogP contribution in [0.4, 0.5) is 10.6 Å². The Morgan fingerprint density at radius 3 is 2.93 bits per heavy atom. The minimum Gasteiger partial charge on any atom is -0.465 e. The van der Waals surface area contributed by atoms with Crippen LogP contribution in [0.2, 0.25) is 31.0 Å². The van der Waals surface area contributed by atoms with E-state index in [0.717, 1.165) is 30.9 Å². The SMILES string of the molecule is C[Si](C)(C)CCOCn1ccc2c(NC3CCCN(C(=O)O)C3)nc(Cl)nc21. The summed E-state index contributed by atoms with van der Waals surface area (Å²) in [4.78, 5) is 21.4. The molecular formula is C18H28ClN5O3Si. The molecule has 1 saturated heterocycles.